The van der Waals surface area contributed by atoms with Crippen molar-refractivity contribution in [2.24, 2.45) is 11.3 Å². The standard InChI is InChI=1S/C18H22O6S/c1-21-15(19)17(16(20)22-2)10-13(18(12-17)23-8-9-24-18)11-25-14-6-4-3-5-7-14/h3-7,13H,8-12H2,1-2H3. The number of esters is 2. The Hall–Kier alpha value is -1.57. The van der Waals surface area contributed by atoms with Gasteiger partial charge in [0.15, 0.2) is 11.2 Å². The molecule has 1 saturated carbocycles. The van der Waals surface area contributed by atoms with Crippen LogP contribution in [-0.4, -0.2) is 50.9 Å². The summed E-state index contributed by atoms with van der Waals surface area (Å²) in [4.78, 5) is 26.0. The van der Waals surface area contributed by atoms with Crippen LogP contribution >= 0.6 is 11.8 Å². The van der Waals surface area contributed by atoms with Crippen LogP contribution in [0.1, 0.15) is 12.8 Å². The zero-order valence-corrected chi connectivity index (χ0v) is 15.2. The summed E-state index contributed by atoms with van der Waals surface area (Å²) in [6.45, 7) is 0.899. The molecule has 1 aromatic rings. The summed E-state index contributed by atoms with van der Waals surface area (Å²) in [6, 6.07) is 9.96. The summed E-state index contributed by atoms with van der Waals surface area (Å²) in [6.07, 6.45) is 0.408. The second kappa shape index (κ2) is 7.35. The van der Waals surface area contributed by atoms with E-state index in [1.54, 1.807) is 11.8 Å². The summed E-state index contributed by atoms with van der Waals surface area (Å²) in [5.74, 6) is -1.59. The van der Waals surface area contributed by atoms with Gasteiger partial charge in [-0.25, -0.2) is 0 Å². The zero-order valence-electron chi connectivity index (χ0n) is 14.4. The fraction of sp³-hybridized carbons (Fsp3) is 0.556. The Labute approximate surface area is 151 Å². The predicted molar refractivity (Wildman–Crippen MR) is 91.0 cm³/mol. The van der Waals surface area contributed by atoms with Gasteiger partial charge in [0.2, 0.25) is 0 Å². The fourth-order valence-corrected chi connectivity index (χ4v) is 4.82. The highest BCUT2D eigenvalue weighted by Gasteiger charge is 2.65. The molecule has 2 fully saturated rings. The summed E-state index contributed by atoms with van der Waals surface area (Å²) >= 11 is 1.65. The topological polar surface area (TPSA) is 71.1 Å². The van der Waals surface area contributed by atoms with Gasteiger partial charge in [-0.05, 0) is 18.6 Å². The molecule has 1 atom stereocenters. The number of ether oxygens (including phenoxy) is 4. The van der Waals surface area contributed by atoms with E-state index < -0.39 is 23.1 Å². The fourth-order valence-electron chi connectivity index (χ4n) is 3.71. The molecule has 1 unspecified atom stereocenters. The van der Waals surface area contributed by atoms with Crippen LogP contribution in [0.2, 0.25) is 0 Å². The van der Waals surface area contributed by atoms with E-state index in [0.717, 1.165) is 4.90 Å². The first kappa shape index (κ1) is 18.2. The molecule has 6 nitrogen and oxygen atoms in total. The first-order chi connectivity index (χ1) is 12.1. The molecule has 1 heterocycles. The molecule has 25 heavy (non-hydrogen) atoms. The normalized spacial score (nSPS) is 23.5. The molecule has 3 rings (SSSR count). The number of thioether (sulfide) groups is 1. The number of hydrogen-bond acceptors (Lipinski definition) is 7. The van der Waals surface area contributed by atoms with Crippen LogP contribution in [0.3, 0.4) is 0 Å². The Balaban J connectivity index is 1.85. The lowest BCUT2D eigenvalue weighted by Crippen LogP contribution is -2.42. The molecule has 1 aliphatic carbocycles. The summed E-state index contributed by atoms with van der Waals surface area (Å²) < 4.78 is 21.6. The molecule has 136 valence electrons. The molecular weight excluding hydrogens is 344 g/mol. The van der Waals surface area contributed by atoms with Gasteiger partial charge in [-0.2, -0.15) is 0 Å². The smallest absolute Gasteiger partial charge is 0.323 e. The van der Waals surface area contributed by atoms with Crippen molar-refractivity contribution in [1.82, 2.24) is 0 Å². The largest absolute Gasteiger partial charge is 0.468 e. The highest BCUT2D eigenvalue weighted by atomic mass is 32.2. The van der Waals surface area contributed by atoms with E-state index in [1.165, 1.54) is 14.2 Å². The van der Waals surface area contributed by atoms with Crippen molar-refractivity contribution in [2.45, 2.75) is 23.5 Å². The van der Waals surface area contributed by atoms with Crippen LogP contribution in [0.5, 0.6) is 0 Å². The minimum Gasteiger partial charge on any atom is -0.468 e. The Kier molecular flexibility index (Phi) is 5.36. The maximum absolute atomic E-state index is 12.5. The lowest BCUT2D eigenvalue weighted by molar-refractivity contribution is -0.190. The number of hydrogen-bond donors (Lipinski definition) is 0. The quantitative estimate of drug-likeness (QED) is 0.450. The summed E-state index contributed by atoms with van der Waals surface area (Å²) in [5.41, 5.74) is -1.38. The molecule has 0 amide bonds. The van der Waals surface area contributed by atoms with Crippen LogP contribution in [0.15, 0.2) is 35.2 Å². The van der Waals surface area contributed by atoms with Gasteiger partial charge in [-0.1, -0.05) is 18.2 Å². The van der Waals surface area contributed by atoms with E-state index >= 15 is 0 Å². The summed E-state index contributed by atoms with van der Waals surface area (Å²) in [5, 5.41) is 0. The van der Waals surface area contributed by atoms with Gasteiger partial charge in [0.1, 0.15) is 0 Å². The van der Waals surface area contributed by atoms with E-state index in [0.29, 0.717) is 19.0 Å². The number of rotatable bonds is 5. The van der Waals surface area contributed by atoms with Gasteiger partial charge < -0.3 is 18.9 Å². The van der Waals surface area contributed by atoms with Crippen LogP contribution in [-0.2, 0) is 28.5 Å². The Morgan fingerprint density at radius 3 is 2.28 bits per heavy atom. The highest BCUT2D eigenvalue weighted by Crippen LogP contribution is 2.54. The van der Waals surface area contributed by atoms with Crippen molar-refractivity contribution in [2.75, 3.05) is 33.2 Å². The van der Waals surface area contributed by atoms with Gasteiger partial charge in [0, 0.05) is 23.0 Å². The number of carbonyl (C=O) groups is 2. The van der Waals surface area contributed by atoms with Crippen LogP contribution < -0.4 is 0 Å². The van der Waals surface area contributed by atoms with Crippen LogP contribution in [0, 0.1) is 11.3 Å². The molecule has 0 radical (unpaired) electrons. The minimum atomic E-state index is -1.38. The molecule has 2 aliphatic rings. The molecule has 1 aromatic carbocycles. The van der Waals surface area contributed by atoms with Crippen molar-refractivity contribution in [3.05, 3.63) is 30.3 Å². The van der Waals surface area contributed by atoms with E-state index in [4.69, 9.17) is 18.9 Å². The third-order valence-electron chi connectivity index (χ3n) is 4.89. The Morgan fingerprint density at radius 1 is 1.12 bits per heavy atom. The van der Waals surface area contributed by atoms with Crippen molar-refractivity contribution >= 4 is 23.7 Å². The van der Waals surface area contributed by atoms with Gasteiger partial charge in [-0.3, -0.25) is 9.59 Å². The van der Waals surface area contributed by atoms with E-state index in [9.17, 15) is 9.59 Å². The van der Waals surface area contributed by atoms with Gasteiger partial charge in [0.05, 0.1) is 27.4 Å². The van der Waals surface area contributed by atoms with Gasteiger partial charge in [0.25, 0.3) is 0 Å². The average molecular weight is 366 g/mol. The molecule has 0 aromatic heterocycles. The maximum Gasteiger partial charge on any atom is 0.323 e. The number of carbonyl (C=O) groups excluding carboxylic acids is 2. The molecule has 1 aliphatic heterocycles. The number of benzene rings is 1. The average Bonchev–Trinajstić information content (AvgIpc) is 3.25. The minimum absolute atomic E-state index is 0.124. The molecule has 0 N–H and O–H groups in total. The SMILES string of the molecule is COC(=O)C1(C(=O)OC)CC(CSc2ccccc2)C2(C1)OCCO2. The van der Waals surface area contributed by atoms with E-state index in [2.05, 4.69) is 0 Å². The van der Waals surface area contributed by atoms with Crippen LogP contribution in [0.4, 0.5) is 0 Å². The van der Waals surface area contributed by atoms with Crippen molar-refractivity contribution < 1.29 is 28.5 Å². The first-order valence-corrected chi connectivity index (χ1v) is 9.17. The molecule has 1 saturated heterocycles. The molecule has 1 spiro atoms. The van der Waals surface area contributed by atoms with Crippen molar-refractivity contribution in [1.29, 1.82) is 0 Å². The van der Waals surface area contributed by atoms with Gasteiger partial charge >= 0.3 is 11.9 Å². The van der Waals surface area contributed by atoms with Crippen LogP contribution in [0.25, 0.3) is 0 Å². The molecular formula is C18H22O6S. The molecule has 7 heteroatoms. The maximum atomic E-state index is 12.5. The van der Waals surface area contributed by atoms with E-state index in [-0.39, 0.29) is 18.8 Å². The summed E-state index contributed by atoms with van der Waals surface area (Å²) in [7, 11) is 2.56. The third kappa shape index (κ3) is 3.28. The second-order valence-corrected chi connectivity index (χ2v) is 7.37. The van der Waals surface area contributed by atoms with Crippen molar-refractivity contribution in [3.8, 4) is 0 Å². The van der Waals surface area contributed by atoms with E-state index in [1.807, 2.05) is 30.3 Å². The molecule has 0 bridgehead atoms. The Bertz CT molecular complexity index is 610. The predicted octanol–water partition coefficient (Wildman–Crippen LogP) is 2.26. The monoisotopic (exact) mass is 366 g/mol. The van der Waals surface area contributed by atoms with Crippen molar-refractivity contribution in [3.63, 3.8) is 0 Å². The number of methoxy groups -OCH3 is 2. The second-order valence-electron chi connectivity index (χ2n) is 6.28. The lowest BCUT2D eigenvalue weighted by atomic mass is 9.85. The first-order valence-electron chi connectivity index (χ1n) is 8.19. The Morgan fingerprint density at radius 2 is 1.72 bits per heavy atom. The zero-order chi connectivity index (χ0) is 17.9. The lowest BCUT2D eigenvalue weighted by Gasteiger charge is -2.29. The van der Waals surface area contributed by atoms with Gasteiger partial charge in [-0.15, -0.1) is 11.8 Å². The third-order valence-corrected chi connectivity index (χ3v) is 6.06. The highest BCUT2D eigenvalue weighted by molar-refractivity contribution is 7.99.